The fourth-order valence-corrected chi connectivity index (χ4v) is 6.92. The molecule has 11 nitrogen and oxygen atoms in total. The monoisotopic (exact) mass is 606 g/mol. The van der Waals surface area contributed by atoms with Gasteiger partial charge < -0.3 is 36.0 Å². The van der Waals surface area contributed by atoms with Crippen LogP contribution in [0.1, 0.15) is 80.9 Å². The molecule has 2 aliphatic carbocycles. The van der Waals surface area contributed by atoms with Crippen LogP contribution < -0.4 is 26.0 Å². The van der Waals surface area contributed by atoms with Crippen molar-refractivity contribution in [3.63, 3.8) is 0 Å². The predicted octanol–water partition coefficient (Wildman–Crippen LogP) is 3.74. The van der Waals surface area contributed by atoms with Gasteiger partial charge in [-0.25, -0.2) is 9.97 Å². The van der Waals surface area contributed by atoms with Crippen LogP contribution in [0.2, 0.25) is 0 Å². The predicted molar refractivity (Wildman–Crippen MR) is 174 cm³/mol. The van der Waals surface area contributed by atoms with Crippen LogP contribution in [0.25, 0.3) is 0 Å². The SMILES string of the molecule is CCc1nc(C(N)=O)c(Nc2ccc(N3CCC(N4CCN(C)CC4)CC3)c(OC3CCC3)c2)nc1NC1CCC(O)CC1. The van der Waals surface area contributed by atoms with E-state index in [1.54, 1.807) is 0 Å². The van der Waals surface area contributed by atoms with Crippen molar-refractivity contribution in [3.8, 4) is 5.75 Å². The van der Waals surface area contributed by atoms with Gasteiger partial charge in [0.05, 0.1) is 23.6 Å². The summed E-state index contributed by atoms with van der Waals surface area (Å²) < 4.78 is 6.56. The van der Waals surface area contributed by atoms with Crippen LogP contribution in [0, 0.1) is 0 Å². The Morgan fingerprint density at radius 2 is 1.70 bits per heavy atom. The second-order valence-corrected chi connectivity index (χ2v) is 13.1. The standard InChI is InChI=1S/C33H50N8O3/c1-3-27-32(35-22-7-10-25(42)11-8-22)38-33(30(37-27)31(34)43)36-23-9-12-28(29(21-23)44-26-5-4-6-26)41-15-13-24(14-16-41)40-19-17-39(2)18-20-40/h9,12,21-22,24-26,42H,3-8,10-11,13-20H2,1-2H3,(H2,34,43)(H2,35,36,38). The van der Waals surface area contributed by atoms with E-state index in [1.165, 1.54) is 6.42 Å². The van der Waals surface area contributed by atoms with E-state index in [1.807, 2.05) is 19.1 Å². The number of rotatable bonds is 10. The first kappa shape index (κ1) is 30.9. The molecule has 1 aromatic heterocycles. The van der Waals surface area contributed by atoms with Gasteiger partial charge in [0.1, 0.15) is 11.6 Å². The van der Waals surface area contributed by atoms with Gasteiger partial charge in [-0.05, 0) is 83.4 Å². The van der Waals surface area contributed by atoms with E-state index in [0.29, 0.717) is 29.8 Å². The highest BCUT2D eigenvalue weighted by atomic mass is 16.5. The van der Waals surface area contributed by atoms with Gasteiger partial charge in [0, 0.05) is 63.1 Å². The zero-order valence-electron chi connectivity index (χ0n) is 26.4. The van der Waals surface area contributed by atoms with Gasteiger partial charge in [-0.3, -0.25) is 9.69 Å². The topological polar surface area (TPSA) is 132 Å². The molecule has 0 atom stereocenters. The number of piperidine rings is 1. The lowest BCUT2D eigenvalue weighted by molar-refractivity contribution is 0.0976. The molecule has 0 radical (unpaired) electrons. The molecule has 4 aliphatic rings. The van der Waals surface area contributed by atoms with E-state index in [0.717, 1.165) is 108 Å². The van der Waals surface area contributed by atoms with Crippen molar-refractivity contribution >= 4 is 28.9 Å². The first-order valence-electron chi connectivity index (χ1n) is 16.8. The quantitative estimate of drug-likeness (QED) is 0.317. The maximum absolute atomic E-state index is 12.5. The van der Waals surface area contributed by atoms with Gasteiger partial charge >= 0.3 is 0 Å². The zero-order valence-corrected chi connectivity index (χ0v) is 26.4. The van der Waals surface area contributed by atoms with Crippen molar-refractivity contribution in [2.45, 2.75) is 95.4 Å². The number of benzene rings is 1. The number of carbonyl (C=O) groups is 1. The summed E-state index contributed by atoms with van der Waals surface area (Å²) in [4.78, 5) is 29.6. The Morgan fingerprint density at radius 1 is 0.977 bits per heavy atom. The van der Waals surface area contributed by atoms with Crippen LogP contribution >= 0.6 is 0 Å². The fourth-order valence-electron chi connectivity index (χ4n) is 6.92. The number of primary amides is 1. The van der Waals surface area contributed by atoms with E-state index in [-0.39, 0.29) is 23.9 Å². The lowest BCUT2D eigenvalue weighted by Crippen LogP contribution is -2.52. The molecule has 1 amide bonds. The number of anilines is 4. The summed E-state index contributed by atoms with van der Waals surface area (Å²) in [5.41, 5.74) is 8.53. The molecule has 2 aliphatic heterocycles. The highest BCUT2D eigenvalue weighted by molar-refractivity contribution is 5.96. The number of aromatic nitrogens is 2. The molecule has 2 aromatic rings. The number of nitrogens with two attached hydrogens (primary N) is 1. The Balaban J connectivity index is 1.21. The minimum Gasteiger partial charge on any atom is -0.488 e. The molecule has 2 saturated carbocycles. The number of aliphatic hydroxyl groups excluding tert-OH is 1. The average Bonchev–Trinajstić information content (AvgIpc) is 3.01. The summed E-state index contributed by atoms with van der Waals surface area (Å²) >= 11 is 0. The van der Waals surface area contributed by atoms with Crippen LogP contribution in [-0.2, 0) is 6.42 Å². The molecule has 6 rings (SSSR count). The summed E-state index contributed by atoms with van der Waals surface area (Å²) in [7, 11) is 2.21. The number of nitrogens with zero attached hydrogens (tertiary/aromatic N) is 5. The van der Waals surface area contributed by atoms with Crippen LogP contribution in [0.15, 0.2) is 18.2 Å². The van der Waals surface area contributed by atoms with Crippen molar-refractivity contribution < 1.29 is 14.6 Å². The molecule has 0 unspecified atom stereocenters. The van der Waals surface area contributed by atoms with Crippen molar-refractivity contribution in [1.29, 1.82) is 0 Å². The number of likely N-dealkylation sites (N-methyl/N-ethyl adjacent to an activating group) is 1. The number of ether oxygens (including phenoxy) is 1. The summed E-state index contributed by atoms with van der Waals surface area (Å²) in [5, 5.41) is 16.8. The summed E-state index contributed by atoms with van der Waals surface area (Å²) in [6.45, 7) is 8.64. The lowest BCUT2D eigenvalue weighted by atomic mass is 9.93. The zero-order chi connectivity index (χ0) is 30.6. The van der Waals surface area contributed by atoms with Gasteiger partial charge in [-0.15, -0.1) is 0 Å². The number of aliphatic hydroxyl groups is 1. The third kappa shape index (κ3) is 7.21. The molecular formula is C33H50N8O3. The molecule has 44 heavy (non-hydrogen) atoms. The number of aryl methyl sites for hydroxylation is 1. The number of piperazine rings is 1. The largest absolute Gasteiger partial charge is 0.488 e. The number of carbonyl (C=O) groups excluding carboxylic acids is 1. The van der Waals surface area contributed by atoms with Crippen molar-refractivity contribution in [3.05, 3.63) is 29.6 Å². The van der Waals surface area contributed by atoms with E-state index in [2.05, 4.69) is 43.4 Å². The van der Waals surface area contributed by atoms with Crippen LogP contribution in [-0.4, -0.2) is 101 Å². The molecule has 0 bridgehead atoms. The summed E-state index contributed by atoms with van der Waals surface area (Å²) in [6, 6.07) is 7.06. The van der Waals surface area contributed by atoms with Gasteiger partial charge in [-0.2, -0.15) is 0 Å². The van der Waals surface area contributed by atoms with Gasteiger partial charge in [0.25, 0.3) is 5.91 Å². The van der Waals surface area contributed by atoms with Crippen molar-refractivity contribution in [2.24, 2.45) is 5.73 Å². The third-order valence-corrected chi connectivity index (χ3v) is 10.0. The Bertz CT molecular complexity index is 1280. The molecule has 11 heteroatoms. The van der Waals surface area contributed by atoms with E-state index < -0.39 is 5.91 Å². The Labute approximate surface area is 261 Å². The van der Waals surface area contributed by atoms with Crippen LogP contribution in [0.4, 0.5) is 23.0 Å². The molecule has 3 heterocycles. The van der Waals surface area contributed by atoms with E-state index in [9.17, 15) is 9.90 Å². The smallest absolute Gasteiger partial charge is 0.271 e. The summed E-state index contributed by atoms with van der Waals surface area (Å²) in [5.74, 6) is 1.25. The maximum atomic E-state index is 12.5. The molecule has 5 N–H and O–H groups in total. The maximum Gasteiger partial charge on any atom is 0.271 e. The third-order valence-electron chi connectivity index (χ3n) is 10.0. The van der Waals surface area contributed by atoms with E-state index in [4.69, 9.17) is 15.5 Å². The van der Waals surface area contributed by atoms with Crippen molar-refractivity contribution in [2.75, 3.05) is 61.8 Å². The Morgan fingerprint density at radius 3 is 2.34 bits per heavy atom. The molecule has 1 aromatic carbocycles. The summed E-state index contributed by atoms with van der Waals surface area (Å²) in [6.07, 6.45) is 9.54. The highest BCUT2D eigenvalue weighted by Gasteiger charge is 2.29. The molecule has 4 fully saturated rings. The number of hydrogen-bond acceptors (Lipinski definition) is 10. The van der Waals surface area contributed by atoms with Crippen molar-refractivity contribution in [1.82, 2.24) is 19.8 Å². The van der Waals surface area contributed by atoms with Gasteiger partial charge in [0.2, 0.25) is 0 Å². The number of hydrogen-bond donors (Lipinski definition) is 4. The van der Waals surface area contributed by atoms with Gasteiger partial charge in [-0.1, -0.05) is 6.92 Å². The first-order chi connectivity index (χ1) is 21.4. The van der Waals surface area contributed by atoms with Crippen LogP contribution in [0.3, 0.4) is 0 Å². The molecular weight excluding hydrogens is 556 g/mol. The van der Waals surface area contributed by atoms with E-state index >= 15 is 0 Å². The molecule has 0 spiro atoms. The normalized spacial score (nSPS) is 24.1. The van der Waals surface area contributed by atoms with Gasteiger partial charge in [0.15, 0.2) is 11.5 Å². The first-order valence-corrected chi connectivity index (χ1v) is 16.8. The second-order valence-electron chi connectivity index (χ2n) is 13.1. The fraction of sp³-hybridized carbons (Fsp3) is 0.667. The Hall–Kier alpha value is -3.15. The number of nitrogens with one attached hydrogen (secondary N) is 2. The molecule has 240 valence electrons. The lowest BCUT2D eigenvalue weighted by Gasteiger charge is -2.43. The average molecular weight is 607 g/mol. The molecule has 2 saturated heterocycles. The Kier molecular flexibility index (Phi) is 9.73. The number of amides is 1. The second kappa shape index (κ2) is 13.9. The minimum atomic E-state index is -0.618. The minimum absolute atomic E-state index is 0.128. The van der Waals surface area contributed by atoms with Crippen LogP contribution in [0.5, 0.6) is 5.75 Å². The highest BCUT2D eigenvalue weighted by Crippen LogP contribution is 2.38.